The summed E-state index contributed by atoms with van der Waals surface area (Å²) in [7, 11) is 0. The zero-order valence-corrected chi connectivity index (χ0v) is 14.0. The lowest BCUT2D eigenvalue weighted by Gasteiger charge is -2.27. The fraction of sp³-hybridized carbons (Fsp3) is 0.222. The lowest BCUT2D eigenvalue weighted by molar-refractivity contribution is -0.118. The molecule has 4 nitrogen and oxygen atoms in total. The van der Waals surface area contributed by atoms with Crippen molar-refractivity contribution in [3.05, 3.63) is 64.4 Å². The van der Waals surface area contributed by atoms with Gasteiger partial charge in [-0.2, -0.15) is 0 Å². The van der Waals surface area contributed by atoms with Crippen LogP contribution >= 0.6 is 11.6 Å². The molecule has 1 N–H and O–H groups in total. The van der Waals surface area contributed by atoms with E-state index in [1.54, 1.807) is 38.1 Å². The third-order valence-electron chi connectivity index (χ3n) is 3.51. The number of carboxylic acid groups (broad SMARTS) is 1. The molecule has 0 aliphatic heterocycles. The number of carboxylic acids is 1. The molecule has 0 aliphatic carbocycles. The number of benzene rings is 2. The van der Waals surface area contributed by atoms with Crippen molar-refractivity contribution in [2.75, 3.05) is 4.90 Å². The van der Waals surface area contributed by atoms with Gasteiger partial charge in [-0.3, -0.25) is 4.79 Å². The van der Waals surface area contributed by atoms with E-state index in [-0.39, 0.29) is 29.6 Å². The van der Waals surface area contributed by atoms with E-state index < -0.39 is 11.8 Å². The lowest BCUT2D eigenvalue weighted by Crippen LogP contribution is -2.38. The quantitative estimate of drug-likeness (QED) is 0.881. The minimum Gasteiger partial charge on any atom is -0.478 e. The van der Waals surface area contributed by atoms with Gasteiger partial charge in [-0.1, -0.05) is 23.7 Å². The molecule has 2 rings (SSSR count). The van der Waals surface area contributed by atoms with Crippen LogP contribution in [0.25, 0.3) is 0 Å². The third kappa shape index (κ3) is 4.11. The van der Waals surface area contributed by atoms with Crippen molar-refractivity contribution >= 4 is 29.2 Å². The maximum absolute atomic E-state index is 14.3. The van der Waals surface area contributed by atoms with Gasteiger partial charge in [-0.25, -0.2) is 9.18 Å². The fourth-order valence-electron chi connectivity index (χ4n) is 2.40. The van der Waals surface area contributed by atoms with Crippen LogP contribution in [0.15, 0.2) is 42.5 Å². The summed E-state index contributed by atoms with van der Waals surface area (Å²) in [5.74, 6) is -2.24. The molecule has 0 aromatic heterocycles. The molecule has 0 radical (unpaired) electrons. The van der Waals surface area contributed by atoms with E-state index in [1.165, 1.54) is 17.0 Å². The van der Waals surface area contributed by atoms with Gasteiger partial charge in [0.25, 0.3) is 0 Å². The van der Waals surface area contributed by atoms with Crippen LogP contribution in [-0.2, 0) is 11.2 Å². The van der Waals surface area contributed by atoms with Crippen LogP contribution in [0.1, 0.15) is 29.8 Å². The van der Waals surface area contributed by atoms with Crippen molar-refractivity contribution in [3.8, 4) is 0 Å². The normalized spacial score (nSPS) is 10.7. The van der Waals surface area contributed by atoms with Gasteiger partial charge in [0.15, 0.2) is 0 Å². The topological polar surface area (TPSA) is 57.6 Å². The van der Waals surface area contributed by atoms with Crippen LogP contribution in [0.3, 0.4) is 0 Å². The van der Waals surface area contributed by atoms with Crippen LogP contribution in [0.2, 0.25) is 5.02 Å². The number of anilines is 1. The average Bonchev–Trinajstić information content (AvgIpc) is 2.51. The first-order valence-electron chi connectivity index (χ1n) is 7.39. The summed E-state index contributed by atoms with van der Waals surface area (Å²) in [5, 5.41) is 9.49. The number of aromatic carboxylic acids is 1. The van der Waals surface area contributed by atoms with Crippen molar-refractivity contribution in [3.63, 3.8) is 0 Å². The summed E-state index contributed by atoms with van der Waals surface area (Å²) >= 11 is 5.83. The van der Waals surface area contributed by atoms with Crippen molar-refractivity contribution in [1.29, 1.82) is 0 Å². The molecule has 0 heterocycles. The number of carbonyl (C=O) groups is 2. The first-order valence-corrected chi connectivity index (χ1v) is 7.76. The van der Waals surface area contributed by atoms with Crippen LogP contribution in [0.5, 0.6) is 0 Å². The number of carbonyl (C=O) groups excluding carboxylic acids is 1. The Hall–Kier alpha value is -2.40. The molecule has 0 aliphatic rings. The minimum atomic E-state index is -1.22. The second-order valence-electron chi connectivity index (χ2n) is 5.63. The van der Waals surface area contributed by atoms with Crippen LogP contribution in [0.4, 0.5) is 10.1 Å². The van der Waals surface area contributed by atoms with Crippen molar-refractivity contribution in [2.45, 2.75) is 26.3 Å². The molecule has 0 fully saturated rings. The van der Waals surface area contributed by atoms with Crippen molar-refractivity contribution in [1.82, 2.24) is 0 Å². The first kappa shape index (κ1) is 17.9. The van der Waals surface area contributed by atoms with Gasteiger partial charge >= 0.3 is 5.97 Å². The second kappa shape index (κ2) is 7.45. The summed E-state index contributed by atoms with van der Waals surface area (Å²) in [6, 6.07) is 10.1. The molecular formula is C18H17ClFNO3. The first-order chi connectivity index (χ1) is 11.3. The molecule has 0 spiro atoms. The predicted octanol–water partition coefficient (Wildman–Crippen LogP) is 4.16. The number of hydrogen-bond donors (Lipinski definition) is 1. The number of nitrogens with zero attached hydrogens (tertiary/aromatic N) is 1. The SMILES string of the molecule is CC(C)N(C(=O)Cc1ccc(Cl)cc1)c1ccc(C(=O)O)cc1F. The van der Waals surface area contributed by atoms with Gasteiger partial charge in [0, 0.05) is 11.1 Å². The van der Waals surface area contributed by atoms with Gasteiger partial charge in [0.2, 0.25) is 5.91 Å². The van der Waals surface area contributed by atoms with Gasteiger partial charge in [0.1, 0.15) is 5.82 Å². The standard InChI is InChI=1S/C18H17ClFNO3/c1-11(2)21(16-8-5-13(18(23)24)10-15(16)20)17(22)9-12-3-6-14(19)7-4-12/h3-8,10-11H,9H2,1-2H3,(H,23,24). The Balaban J connectivity index is 2.30. The van der Waals surface area contributed by atoms with Gasteiger partial charge in [0.05, 0.1) is 17.7 Å². The Labute approximate surface area is 144 Å². The Morgan fingerprint density at radius 1 is 1.17 bits per heavy atom. The maximum atomic E-state index is 14.3. The number of hydrogen-bond acceptors (Lipinski definition) is 2. The van der Waals surface area contributed by atoms with Gasteiger partial charge in [-0.05, 0) is 49.7 Å². The molecular weight excluding hydrogens is 333 g/mol. The van der Waals surface area contributed by atoms with Crippen molar-refractivity contribution < 1.29 is 19.1 Å². The molecule has 0 unspecified atom stereocenters. The van der Waals surface area contributed by atoms with E-state index in [0.717, 1.165) is 11.6 Å². The van der Waals surface area contributed by atoms with Crippen molar-refractivity contribution in [2.24, 2.45) is 0 Å². The van der Waals surface area contributed by atoms with E-state index in [1.807, 2.05) is 0 Å². The van der Waals surface area contributed by atoms with Gasteiger partial charge in [-0.15, -0.1) is 0 Å². The molecule has 24 heavy (non-hydrogen) atoms. The van der Waals surface area contributed by atoms with Crippen LogP contribution in [0, 0.1) is 5.82 Å². The highest BCUT2D eigenvalue weighted by molar-refractivity contribution is 6.30. The molecule has 0 atom stereocenters. The van der Waals surface area contributed by atoms with Crippen LogP contribution in [-0.4, -0.2) is 23.0 Å². The number of halogens is 2. The lowest BCUT2D eigenvalue weighted by atomic mass is 10.1. The van der Waals surface area contributed by atoms with Gasteiger partial charge < -0.3 is 10.0 Å². The summed E-state index contributed by atoms with van der Waals surface area (Å²) < 4.78 is 14.3. The van der Waals surface area contributed by atoms with E-state index in [2.05, 4.69) is 0 Å². The highest BCUT2D eigenvalue weighted by atomic mass is 35.5. The van der Waals surface area contributed by atoms with E-state index in [4.69, 9.17) is 16.7 Å². The van der Waals surface area contributed by atoms with E-state index >= 15 is 0 Å². The fourth-order valence-corrected chi connectivity index (χ4v) is 2.52. The van der Waals surface area contributed by atoms with E-state index in [9.17, 15) is 14.0 Å². The Bertz CT molecular complexity index is 759. The summed E-state index contributed by atoms with van der Waals surface area (Å²) in [6.45, 7) is 3.54. The largest absolute Gasteiger partial charge is 0.478 e. The Morgan fingerprint density at radius 3 is 2.29 bits per heavy atom. The molecule has 0 bridgehead atoms. The summed E-state index contributed by atoms with van der Waals surface area (Å²) in [5.41, 5.74) is 0.664. The maximum Gasteiger partial charge on any atom is 0.335 e. The molecule has 0 saturated carbocycles. The average molecular weight is 350 g/mol. The molecule has 1 amide bonds. The summed E-state index contributed by atoms with van der Waals surface area (Å²) in [6.07, 6.45) is 0.0927. The Morgan fingerprint density at radius 2 is 1.79 bits per heavy atom. The zero-order valence-electron chi connectivity index (χ0n) is 13.3. The zero-order chi connectivity index (χ0) is 17.9. The number of rotatable bonds is 5. The second-order valence-corrected chi connectivity index (χ2v) is 6.07. The molecule has 0 saturated heterocycles. The smallest absolute Gasteiger partial charge is 0.335 e. The third-order valence-corrected chi connectivity index (χ3v) is 3.76. The summed E-state index contributed by atoms with van der Waals surface area (Å²) in [4.78, 5) is 24.9. The Kier molecular flexibility index (Phi) is 5.57. The number of amides is 1. The molecule has 126 valence electrons. The highest BCUT2D eigenvalue weighted by Gasteiger charge is 2.23. The van der Waals surface area contributed by atoms with E-state index in [0.29, 0.717) is 5.02 Å². The monoisotopic (exact) mass is 349 g/mol. The van der Waals surface area contributed by atoms with Crippen LogP contribution < -0.4 is 4.90 Å². The molecule has 2 aromatic rings. The predicted molar refractivity (Wildman–Crippen MR) is 91.1 cm³/mol. The highest BCUT2D eigenvalue weighted by Crippen LogP contribution is 2.24. The molecule has 2 aromatic carbocycles. The minimum absolute atomic E-state index is 0.0639. The molecule has 6 heteroatoms.